The van der Waals surface area contributed by atoms with Crippen molar-refractivity contribution in [2.24, 2.45) is 0 Å². The van der Waals surface area contributed by atoms with Crippen LogP contribution in [0.15, 0.2) is 40.6 Å². The fourth-order valence-electron chi connectivity index (χ4n) is 2.42. The molecule has 0 unspecified atom stereocenters. The molecule has 0 bridgehead atoms. The Labute approximate surface area is 136 Å². The molecule has 2 aromatic heterocycles. The van der Waals surface area contributed by atoms with Gasteiger partial charge in [-0.1, -0.05) is 6.07 Å². The number of aromatic nitrogens is 2. The SMILES string of the molecule is COc1ccc(CN(C)Cc2cc(=O)n3ccsc3n2)cc1F. The van der Waals surface area contributed by atoms with E-state index in [1.807, 2.05) is 23.4 Å². The van der Waals surface area contributed by atoms with Gasteiger partial charge in [-0.05, 0) is 24.7 Å². The van der Waals surface area contributed by atoms with Crippen LogP contribution < -0.4 is 10.3 Å². The summed E-state index contributed by atoms with van der Waals surface area (Å²) in [5.41, 5.74) is 1.45. The lowest BCUT2D eigenvalue weighted by Gasteiger charge is -2.16. The predicted octanol–water partition coefficient (Wildman–Crippen LogP) is 2.54. The van der Waals surface area contributed by atoms with Crippen LogP contribution in [0.2, 0.25) is 0 Å². The number of thiazole rings is 1. The van der Waals surface area contributed by atoms with Crippen molar-refractivity contribution in [1.29, 1.82) is 0 Å². The summed E-state index contributed by atoms with van der Waals surface area (Å²) in [4.78, 5) is 19.1. The van der Waals surface area contributed by atoms with Crippen molar-refractivity contribution in [3.05, 3.63) is 63.3 Å². The number of fused-ring (bicyclic) bond motifs is 1. The minimum atomic E-state index is -0.380. The summed E-state index contributed by atoms with van der Waals surface area (Å²) >= 11 is 1.42. The molecule has 5 nitrogen and oxygen atoms in total. The zero-order valence-electron chi connectivity index (χ0n) is 12.8. The van der Waals surface area contributed by atoms with Gasteiger partial charge in [-0.25, -0.2) is 9.37 Å². The van der Waals surface area contributed by atoms with Crippen molar-refractivity contribution < 1.29 is 9.13 Å². The fraction of sp³-hybridized carbons (Fsp3) is 0.250. The first-order valence-corrected chi connectivity index (χ1v) is 7.91. The number of halogens is 1. The Kier molecular flexibility index (Phi) is 4.40. The lowest BCUT2D eigenvalue weighted by Crippen LogP contribution is -2.21. The summed E-state index contributed by atoms with van der Waals surface area (Å²) in [5, 5.41) is 1.83. The van der Waals surface area contributed by atoms with Crippen LogP contribution in [-0.4, -0.2) is 28.4 Å². The first kappa shape index (κ1) is 15.6. The molecule has 0 N–H and O–H groups in total. The van der Waals surface area contributed by atoms with E-state index in [1.165, 1.54) is 35.0 Å². The molecule has 0 saturated carbocycles. The summed E-state index contributed by atoms with van der Waals surface area (Å²) < 4.78 is 20.2. The van der Waals surface area contributed by atoms with Gasteiger partial charge in [0.1, 0.15) is 0 Å². The van der Waals surface area contributed by atoms with Crippen LogP contribution in [0, 0.1) is 5.82 Å². The van der Waals surface area contributed by atoms with Gasteiger partial charge in [-0.2, -0.15) is 0 Å². The third-order valence-corrected chi connectivity index (χ3v) is 4.21. The van der Waals surface area contributed by atoms with E-state index in [2.05, 4.69) is 4.98 Å². The van der Waals surface area contributed by atoms with Crippen LogP contribution in [0.5, 0.6) is 5.75 Å². The highest BCUT2D eigenvalue weighted by Crippen LogP contribution is 2.18. The molecule has 1 aromatic carbocycles. The smallest absolute Gasteiger partial charge is 0.258 e. The van der Waals surface area contributed by atoms with Gasteiger partial charge in [0.05, 0.1) is 12.8 Å². The van der Waals surface area contributed by atoms with Crippen molar-refractivity contribution >= 4 is 16.3 Å². The molecule has 3 aromatic rings. The number of hydrogen-bond donors (Lipinski definition) is 0. The van der Waals surface area contributed by atoms with E-state index >= 15 is 0 Å². The van der Waals surface area contributed by atoms with Gasteiger partial charge in [0.15, 0.2) is 16.5 Å². The largest absolute Gasteiger partial charge is 0.494 e. The van der Waals surface area contributed by atoms with Crippen molar-refractivity contribution in [1.82, 2.24) is 14.3 Å². The van der Waals surface area contributed by atoms with Gasteiger partial charge in [0, 0.05) is 30.7 Å². The van der Waals surface area contributed by atoms with E-state index in [9.17, 15) is 9.18 Å². The average Bonchev–Trinajstić information content (AvgIpc) is 2.96. The number of methoxy groups -OCH3 is 1. The average molecular weight is 333 g/mol. The molecular weight excluding hydrogens is 317 g/mol. The zero-order chi connectivity index (χ0) is 16.4. The molecule has 0 radical (unpaired) electrons. The van der Waals surface area contributed by atoms with Gasteiger partial charge in [-0.3, -0.25) is 14.1 Å². The van der Waals surface area contributed by atoms with Crippen LogP contribution in [0.1, 0.15) is 11.3 Å². The molecular formula is C16H16FN3O2S. The number of benzene rings is 1. The van der Waals surface area contributed by atoms with E-state index in [1.54, 1.807) is 12.3 Å². The molecule has 2 heterocycles. The van der Waals surface area contributed by atoms with Crippen molar-refractivity contribution in [3.63, 3.8) is 0 Å². The molecule has 0 spiro atoms. The summed E-state index contributed by atoms with van der Waals surface area (Å²) in [6.45, 7) is 1.06. The summed E-state index contributed by atoms with van der Waals surface area (Å²) in [7, 11) is 3.34. The maximum Gasteiger partial charge on any atom is 0.258 e. The lowest BCUT2D eigenvalue weighted by molar-refractivity contribution is 0.314. The third kappa shape index (κ3) is 3.40. The molecule has 0 aliphatic heterocycles. The normalized spacial score (nSPS) is 11.3. The van der Waals surface area contributed by atoms with Crippen LogP contribution in [0.4, 0.5) is 4.39 Å². The molecule has 3 rings (SSSR count). The second-order valence-electron chi connectivity index (χ2n) is 5.28. The van der Waals surface area contributed by atoms with Gasteiger partial charge in [-0.15, -0.1) is 11.3 Å². The number of ether oxygens (including phenoxy) is 1. The molecule has 7 heteroatoms. The van der Waals surface area contributed by atoms with Crippen LogP contribution >= 0.6 is 11.3 Å². The first-order chi connectivity index (χ1) is 11.1. The Balaban J connectivity index is 1.74. The number of rotatable bonds is 5. The van der Waals surface area contributed by atoms with E-state index in [0.29, 0.717) is 23.7 Å². The first-order valence-electron chi connectivity index (χ1n) is 7.03. The molecule has 0 fully saturated rings. The quantitative estimate of drug-likeness (QED) is 0.720. The van der Waals surface area contributed by atoms with E-state index in [4.69, 9.17) is 4.74 Å². The molecule has 0 atom stereocenters. The van der Waals surface area contributed by atoms with E-state index < -0.39 is 0 Å². The Morgan fingerprint density at radius 2 is 2.17 bits per heavy atom. The lowest BCUT2D eigenvalue weighted by atomic mass is 10.2. The maximum atomic E-state index is 13.7. The Morgan fingerprint density at radius 1 is 1.35 bits per heavy atom. The highest BCUT2D eigenvalue weighted by atomic mass is 32.1. The van der Waals surface area contributed by atoms with Crippen LogP contribution in [-0.2, 0) is 13.1 Å². The third-order valence-electron chi connectivity index (χ3n) is 3.46. The van der Waals surface area contributed by atoms with E-state index in [0.717, 1.165) is 5.56 Å². The van der Waals surface area contributed by atoms with Crippen LogP contribution in [0.25, 0.3) is 4.96 Å². The highest BCUT2D eigenvalue weighted by molar-refractivity contribution is 7.15. The molecule has 0 aliphatic carbocycles. The minimum absolute atomic E-state index is 0.0878. The molecule has 0 aliphatic rings. The van der Waals surface area contributed by atoms with Crippen molar-refractivity contribution in [2.45, 2.75) is 13.1 Å². The second-order valence-corrected chi connectivity index (χ2v) is 6.16. The Bertz CT molecular complexity index is 890. The van der Waals surface area contributed by atoms with Gasteiger partial charge in [0.2, 0.25) is 0 Å². The number of nitrogens with zero attached hydrogens (tertiary/aromatic N) is 3. The second kappa shape index (κ2) is 6.47. The molecule has 23 heavy (non-hydrogen) atoms. The van der Waals surface area contributed by atoms with Gasteiger partial charge in [0.25, 0.3) is 5.56 Å². The van der Waals surface area contributed by atoms with Crippen LogP contribution in [0.3, 0.4) is 0 Å². The van der Waals surface area contributed by atoms with Gasteiger partial charge < -0.3 is 4.74 Å². The number of hydrogen-bond acceptors (Lipinski definition) is 5. The maximum absolute atomic E-state index is 13.7. The van der Waals surface area contributed by atoms with Crippen molar-refractivity contribution in [3.8, 4) is 5.75 Å². The highest BCUT2D eigenvalue weighted by Gasteiger charge is 2.09. The standard InChI is InChI=1S/C16H16FN3O2S/c1-19(9-11-3-4-14(22-2)13(17)7-11)10-12-8-15(21)20-5-6-23-16(20)18-12/h3-8H,9-10H2,1-2H3. The summed E-state index contributed by atoms with van der Waals surface area (Å²) in [5.74, 6) is -0.149. The monoisotopic (exact) mass is 333 g/mol. The zero-order valence-corrected chi connectivity index (χ0v) is 13.6. The molecule has 0 amide bonds. The van der Waals surface area contributed by atoms with Gasteiger partial charge >= 0.3 is 0 Å². The fourth-order valence-corrected chi connectivity index (χ4v) is 3.16. The topological polar surface area (TPSA) is 46.8 Å². The van der Waals surface area contributed by atoms with E-state index in [-0.39, 0.29) is 17.1 Å². The molecule has 0 saturated heterocycles. The Hall–Kier alpha value is -2.25. The Morgan fingerprint density at radius 3 is 2.91 bits per heavy atom. The molecule has 120 valence electrons. The summed E-state index contributed by atoms with van der Waals surface area (Å²) in [6.07, 6.45) is 1.71. The minimum Gasteiger partial charge on any atom is -0.494 e. The van der Waals surface area contributed by atoms with Crippen molar-refractivity contribution in [2.75, 3.05) is 14.2 Å². The predicted molar refractivity (Wildman–Crippen MR) is 87.5 cm³/mol. The summed E-state index contributed by atoms with van der Waals surface area (Å²) in [6, 6.07) is 6.43.